The van der Waals surface area contributed by atoms with Crippen LogP contribution in [0.2, 0.25) is 5.02 Å². The van der Waals surface area contributed by atoms with E-state index < -0.39 is 18.2 Å². The van der Waals surface area contributed by atoms with Gasteiger partial charge < -0.3 is 15.4 Å². The summed E-state index contributed by atoms with van der Waals surface area (Å²) in [7, 11) is 0. The van der Waals surface area contributed by atoms with Gasteiger partial charge in [0.2, 0.25) is 5.91 Å². The number of carbonyl (C=O) groups is 3. The number of nitrogens with one attached hydrogen (secondary N) is 2. The fourth-order valence-electron chi connectivity index (χ4n) is 4.08. The van der Waals surface area contributed by atoms with E-state index in [1.165, 1.54) is 4.90 Å². The lowest BCUT2D eigenvalue weighted by atomic mass is 10.00. The first-order chi connectivity index (χ1) is 17.4. The first kappa shape index (κ1) is 25.3. The van der Waals surface area contributed by atoms with E-state index in [-0.39, 0.29) is 18.4 Å². The molecular formula is C28H28ClN3O4. The Bertz CT molecular complexity index is 1260. The number of ether oxygens (including phenoxy) is 1. The molecule has 1 aliphatic rings. The largest absolute Gasteiger partial charge is 0.438 e. The molecule has 3 amide bonds. The highest BCUT2D eigenvalue weighted by Gasteiger charge is 2.46. The fraction of sp³-hybridized carbons (Fsp3) is 0.250. The van der Waals surface area contributed by atoms with Crippen molar-refractivity contribution in [2.24, 2.45) is 0 Å². The van der Waals surface area contributed by atoms with Gasteiger partial charge in [-0.15, -0.1) is 0 Å². The van der Waals surface area contributed by atoms with Crippen molar-refractivity contribution in [2.45, 2.75) is 39.0 Å². The Kier molecular flexibility index (Phi) is 7.90. The average molecular weight is 506 g/mol. The minimum Gasteiger partial charge on any atom is -0.438 e. The third-order valence-corrected chi connectivity index (χ3v) is 6.17. The summed E-state index contributed by atoms with van der Waals surface area (Å²) in [5.41, 5.74) is 3.54. The third kappa shape index (κ3) is 5.86. The lowest BCUT2D eigenvalue weighted by Gasteiger charge is -2.24. The van der Waals surface area contributed by atoms with Crippen LogP contribution >= 0.6 is 11.6 Å². The zero-order valence-electron chi connectivity index (χ0n) is 20.2. The van der Waals surface area contributed by atoms with E-state index in [0.717, 1.165) is 17.5 Å². The average Bonchev–Trinajstić information content (AvgIpc) is 3.20. The molecular weight excluding hydrogens is 478 g/mol. The molecule has 0 spiro atoms. The molecule has 0 aromatic heterocycles. The topological polar surface area (TPSA) is 87.7 Å². The highest BCUT2D eigenvalue weighted by Crippen LogP contribution is 2.35. The standard InChI is InChI=1S/C28H28ClN3O4/c1-3-14-30-27(34)24-25(36-28(35)32(24)17-19-12-10-18(2)11-13-19)20-6-5-9-23(16-20)31-26(33)21-7-4-8-22(29)15-21/h4-13,15-16,24-25H,3,14,17H2,1-2H3,(H,30,34)(H,31,33)/t24-,25+/m1/s1. The van der Waals surface area contributed by atoms with Gasteiger partial charge in [-0.1, -0.05) is 66.6 Å². The van der Waals surface area contributed by atoms with Crippen LogP contribution in [0.15, 0.2) is 72.8 Å². The number of rotatable bonds is 8. The summed E-state index contributed by atoms with van der Waals surface area (Å²) in [4.78, 5) is 40.3. The highest BCUT2D eigenvalue weighted by atomic mass is 35.5. The van der Waals surface area contributed by atoms with Crippen molar-refractivity contribution in [3.8, 4) is 0 Å². The summed E-state index contributed by atoms with van der Waals surface area (Å²) in [5, 5.41) is 6.20. The van der Waals surface area contributed by atoms with Gasteiger partial charge in [-0.25, -0.2) is 4.79 Å². The van der Waals surface area contributed by atoms with Gasteiger partial charge in [-0.05, 0) is 54.8 Å². The Morgan fingerprint density at radius 3 is 2.50 bits per heavy atom. The van der Waals surface area contributed by atoms with Gasteiger partial charge in [-0.3, -0.25) is 14.5 Å². The van der Waals surface area contributed by atoms with Crippen LogP contribution in [-0.2, 0) is 16.1 Å². The first-order valence-corrected chi connectivity index (χ1v) is 12.2. The number of carbonyl (C=O) groups excluding carboxylic acids is 3. The molecule has 0 aliphatic carbocycles. The smallest absolute Gasteiger partial charge is 0.411 e. The normalized spacial score (nSPS) is 17.0. The van der Waals surface area contributed by atoms with E-state index in [0.29, 0.717) is 28.4 Å². The van der Waals surface area contributed by atoms with E-state index in [2.05, 4.69) is 10.6 Å². The van der Waals surface area contributed by atoms with E-state index >= 15 is 0 Å². The van der Waals surface area contributed by atoms with Crippen LogP contribution in [0.4, 0.5) is 10.5 Å². The van der Waals surface area contributed by atoms with E-state index in [4.69, 9.17) is 16.3 Å². The van der Waals surface area contributed by atoms with Crippen molar-refractivity contribution in [1.29, 1.82) is 0 Å². The maximum absolute atomic E-state index is 13.2. The van der Waals surface area contributed by atoms with Gasteiger partial charge in [0.05, 0.1) is 6.54 Å². The number of cyclic esters (lactones) is 1. The molecule has 8 heteroatoms. The van der Waals surface area contributed by atoms with Crippen molar-refractivity contribution >= 4 is 35.2 Å². The minimum absolute atomic E-state index is 0.241. The van der Waals surface area contributed by atoms with Crippen LogP contribution < -0.4 is 10.6 Å². The first-order valence-electron chi connectivity index (χ1n) is 11.8. The van der Waals surface area contributed by atoms with E-state index in [1.54, 1.807) is 48.5 Å². The number of halogens is 1. The summed E-state index contributed by atoms with van der Waals surface area (Å²) in [6, 6.07) is 20.6. The summed E-state index contributed by atoms with van der Waals surface area (Å²) >= 11 is 6.01. The number of nitrogens with zero attached hydrogens (tertiary/aromatic N) is 1. The van der Waals surface area contributed by atoms with Crippen LogP contribution in [0.3, 0.4) is 0 Å². The molecule has 0 saturated carbocycles. The maximum Gasteiger partial charge on any atom is 0.411 e. The highest BCUT2D eigenvalue weighted by molar-refractivity contribution is 6.31. The fourth-order valence-corrected chi connectivity index (χ4v) is 4.27. The van der Waals surface area contributed by atoms with Gasteiger partial charge in [0, 0.05) is 22.8 Å². The third-order valence-electron chi connectivity index (χ3n) is 5.94. The second-order valence-electron chi connectivity index (χ2n) is 8.74. The maximum atomic E-state index is 13.2. The molecule has 4 rings (SSSR count). The number of hydrogen-bond acceptors (Lipinski definition) is 4. The van der Waals surface area contributed by atoms with Crippen LogP contribution in [0.5, 0.6) is 0 Å². The number of amides is 3. The van der Waals surface area contributed by atoms with Gasteiger partial charge in [-0.2, -0.15) is 0 Å². The number of hydrogen-bond donors (Lipinski definition) is 2. The predicted molar refractivity (Wildman–Crippen MR) is 139 cm³/mol. The van der Waals surface area contributed by atoms with Crippen LogP contribution in [-0.4, -0.2) is 35.4 Å². The summed E-state index contributed by atoms with van der Waals surface area (Å²) in [6.45, 7) is 4.68. The number of anilines is 1. The van der Waals surface area contributed by atoms with Crippen molar-refractivity contribution in [2.75, 3.05) is 11.9 Å². The van der Waals surface area contributed by atoms with Crippen LogP contribution in [0, 0.1) is 6.92 Å². The Morgan fingerprint density at radius 2 is 1.78 bits per heavy atom. The number of aryl methyl sites for hydroxylation is 1. The van der Waals surface area contributed by atoms with E-state index in [1.807, 2.05) is 38.1 Å². The van der Waals surface area contributed by atoms with Gasteiger partial charge >= 0.3 is 6.09 Å². The molecule has 2 N–H and O–H groups in total. The Balaban J connectivity index is 1.59. The molecule has 0 bridgehead atoms. The molecule has 186 valence electrons. The predicted octanol–water partition coefficient (Wildman–Crippen LogP) is 5.49. The molecule has 3 aromatic carbocycles. The molecule has 36 heavy (non-hydrogen) atoms. The summed E-state index contributed by atoms with van der Waals surface area (Å²) < 4.78 is 5.73. The molecule has 1 heterocycles. The van der Waals surface area contributed by atoms with Gasteiger partial charge in [0.1, 0.15) is 0 Å². The zero-order valence-corrected chi connectivity index (χ0v) is 20.9. The number of benzene rings is 3. The lowest BCUT2D eigenvalue weighted by molar-refractivity contribution is -0.126. The second kappa shape index (κ2) is 11.3. The quantitative estimate of drug-likeness (QED) is 0.424. The second-order valence-corrected chi connectivity index (χ2v) is 9.18. The zero-order chi connectivity index (χ0) is 25.7. The van der Waals surface area contributed by atoms with Crippen molar-refractivity contribution in [3.05, 3.63) is 100 Å². The Morgan fingerprint density at radius 1 is 1.03 bits per heavy atom. The summed E-state index contributed by atoms with van der Waals surface area (Å²) in [6.07, 6.45) is -0.630. The van der Waals surface area contributed by atoms with Crippen LogP contribution in [0.25, 0.3) is 0 Å². The minimum atomic E-state index is -0.857. The Labute approximate surface area is 215 Å². The van der Waals surface area contributed by atoms with Gasteiger partial charge in [0.15, 0.2) is 12.1 Å². The van der Waals surface area contributed by atoms with E-state index in [9.17, 15) is 14.4 Å². The molecule has 1 saturated heterocycles. The molecule has 1 fully saturated rings. The van der Waals surface area contributed by atoms with Crippen LogP contribution in [0.1, 0.15) is 46.5 Å². The molecule has 0 radical (unpaired) electrons. The SMILES string of the molecule is CCCNC(=O)[C@H]1[C@H](c2cccc(NC(=O)c3cccc(Cl)c3)c2)OC(=O)N1Cc1ccc(C)cc1. The van der Waals surface area contributed by atoms with Crippen molar-refractivity contribution < 1.29 is 19.1 Å². The molecule has 7 nitrogen and oxygen atoms in total. The summed E-state index contributed by atoms with van der Waals surface area (Å²) in [5.74, 6) is -0.607. The molecule has 0 unspecified atom stereocenters. The lowest BCUT2D eigenvalue weighted by Crippen LogP contribution is -2.46. The molecule has 2 atom stereocenters. The van der Waals surface area contributed by atoms with Crippen molar-refractivity contribution in [1.82, 2.24) is 10.2 Å². The van der Waals surface area contributed by atoms with Crippen molar-refractivity contribution in [3.63, 3.8) is 0 Å². The molecule has 1 aliphatic heterocycles. The molecule has 3 aromatic rings. The monoisotopic (exact) mass is 505 g/mol. The van der Waals surface area contributed by atoms with Gasteiger partial charge in [0.25, 0.3) is 5.91 Å². The Hall–Kier alpha value is -3.84.